The Kier molecular flexibility index (Phi) is 6.28. The first-order valence-electron chi connectivity index (χ1n) is 9.30. The Hall–Kier alpha value is -2.48. The largest absolute Gasteiger partial charge is 0.331 e. The van der Waals surface area contributed by atoms with Gasteiger partial charge in [0.15, 0.2) is 5.13 Å². The number of amides is 3. The number of nitrogens with one attached hydrogen (secondary N) is 1. The number of carbonyl (C=O) groups is 2. The highest BCUT2D eigenvalue weighted by Gasteiger charge is 2.29. The molecular weight excluding hydrogens is 379 g/mol. The van der Waals surface area contributed by atoms with Crippen molar-refractivity contribution in [1.29, 1.82) is 0 Å². The summed E-state index contributed by atoms with van der Waals surface area (Å²) in [6.45, 7) is 2.83. The number of aromatic nitrogens is 1. The van der Waals surface area contributed by atoms with Crippen molar-refractivity contribution in [2.24, 2.45) is 5.92 Å². The Morgan fingerprint density at radius 1 is 1.39 bits per heavy atom. The number of hydrogen-bond acceptors (Lipinski definition) is 4. The molecule has 1 aromatic carbocycles. The maximum atomic E-state index is 13.7. The lowest BCUT2D eigenvalue weighted by Gasteiger charge is -2.33. The molecule has 8 heteroatoms. The van der Waals surface area contributed by atoms with E-state index in [4.69, 9.17) is 0 Å². The van der Waals surface area contributed by atoms with Crippen molar-refractivity contribution < 1.29 is 14.0 Å². The number of likely N-dealkylation sites (tertiary alicyclic amines) is 1. The van der Waals surface area contributed by atoms with Crippen LogP contribution in [-0.2, 0) is 11.2 Å². The molecule has 28 heavy (non-hydrogen) atoms. The number of aryl methyl sites for hydroxylation is 1. The number of halogens is 1. The Labute approximate surface area is 168 Å². The number of nitrogens with zero attached hydrogens (tertiary/aromatic N) is 3. The van der Waals surface area contributed by atoms with Gasteiger partial charge < -0.3 is 15.1 Å². The van der Waals surface area contributed by atoms with E-state index in [-0.39, 0.29) is 23.7 Å². The zero-order valence-electron chi connectivity index (χ0n) is 16.4. The average Bonchev–Trinajstić information content (AvgIpc) is 3.11. The normalized spacial score (nSPS) is 16.7. The number of rotatable bonds is 4. The highest BCUT2D eigenvalue weighted by molar-refractivity contribution is 7.15. The minimum Gasteiger partial charge on any atom is -0.331 e. The lowest BCUT2D eigenvalue weighted by atomic mass is 9.97. The van der Waals surface area contributed by atoms with Crippen molar-refractivity contribution in [3.63, 3.8) is 0 Å². The first-order chi connectivity index (χ1) is 13.3. The molecule has 1 fully saturated rings. The second kappa shape index (κ2) is 8.68. The van der Waals surface area contributed by atoms with Crippen LogP contribution < -0.4 is 5.32 Å². The molecule has 3 amide bonds. The summed E-state index contributed by atoms with van der Waals surface area (Å²) in [7, 11) is 3.42. The highest BCUT2D eigenvalue weighted by Crippen LogP contribution is 2.24. The smallest absolute Gasteiger partial charge is 0.319 e. The Morgan fingerprint density at radius 2 is 2.18 bits per heavy atom. The molecular formula is C20H25FN4O2S. The zero-order chi connectivity index (χ0) is 20.3. The fourth-order valence-corrected chi connectivity index (χ4v) is 4.10. The maximum Gasteiger partial charge on any atom is 0.319 e. The van der Waals surface area contributed by atoms with Crippen LogP contribution in [0, 0.1) is 18.7 Å². The third-order valence-corrected chi connectivity index (χ3v) is 5.76. The number of thiazole rings is 1. The van der Waals surface area contributed by atoms with Gasteiger partial charge in [-0.15, -0.1) is 11.3 Å². The van der Waals surface area contributed by atoms with Crippen LogP contribution in [-0.4, -0.2) is 53.9 Å². The van der Waals surface area contributed by atoms with Crippen LogP contribution >= 0.6 is 11.3 Å². The molecule has 1 aliphatic heterocycles. The summed E-state index contributed by atoms with van der Waals surface area (Å²) >= 11 is 1.39. The molecule has 0 unspecified atom stereocenters. The molecule has 0 saturated carbocycles. The van der Waals surface area contributed by atoms with Crippen LogP contribution in [0.1, 0.15) is 28.8 Å². The molecule has 2 aromatic rings. The fraction of sp³-hybridized carbons (Fsp3) is 0.450. The zero-order valence-corrected chi connectivity index (χ0v) is 17.2. The SMILES string of the molecule is Cc1ccc(Cc2cnc(NC(=O)[C@H]3CCCN(C(=O)N(C)C)C3)s2)cc1F. The van der Waals surface area contributed by atoms with E-state index >= 15 is 0 Å². The van der Waals surface area contributed by atoms with Gasteiger partial charge in [-0.05, 0) is 37.0 Å². The van der Waals surface area contributed by atoms with Crippen LogP contribution in [0.5, 0.6) is 0 Å². The van der Waals surface area contributed by atoms with Gasteiger partial charge in [-0.3, -0.25) is 4.79 Å². The van der Waals surface area contributed by atoms with E-state index in [2.05, 4.69) is 10.3 Å². The summed E-state index contributed by atoms with van der Waals surface area (Å²) in [5.74, 6) is -0.570. The van der Waals surface area contributed by atoms with Crippen molar-refractivity contribution in [2.45, 2.75) is 26.2 Å². The molecule has 0 radical (unpaired) electrons. The molecule has 150 valence electrons. The van der Waals surface area contributed by atoms with Crippen molar-refractivity contribution in [3.05, 3.63) is 46.2 Å². The van der Waals surface area contributed by atoms with Crippen LogP contribution in [0.25, 0.3) is 0 Å². The van der Waals surface area contributed by atoms with E-state index in [1.807, 2.05) is 6.07 Å². The van der Waals surface area contributed by atoms with Crippen molar-refractivity contribution in [3.8, 4) is 0 Å². The summed E-state index contributed by atoms with van der Waals surface area (Å²) in [6.07, 6.45) is 3.84. The monoisotopic (exact) mass is 404 g/mol. The van der Waals surface area contributed by atoms with E-state index in [0.29, 0.717) is 30.2 Å². The Morgan fingerprint density at radius 3 is 2.89 bits per heavy atom. The molecule has 0 aliphatic carbocycles. The van der Waals surface area contributed by atoms with Crippen LogP contribution in [0.3, 0.4) is 0 Å². The van der Waals surface area contributed by atoms with Gasteiger partial charge in [0.05, 0.1) is 5.92 Å². The van der Waals surface area contributed by atoms with Crippen LogP contribution in [0.2, 0.25) is 0 Å². The molecule has 0 spiro atoms. The predicted molar refractivity (Wildman–Crippen MR) is 108 cm³/mol. The fourth-order valence-electron chi connectivity index (χ4n) is 3.25. The Balaban J connectivity index is 1.59. The molecule has 1 atom stereocenters. The van der Waals surface area contributed by atoms with Gasteiger partial charge in [-0.2, -0.15) is 0 Å². The minimum absolute atomic E-state index is 0.0700. The second-order valence-corrected chi connectivity index (χ2v) is 8.46. The summed E-state index contributed by atoms with van der Waals surface area (Å²) in [5, 5.41) is 3.40. The lowest BCUT2D eigenvalue weighted by Crippen LogP contribution is -2.47. The van der Waals surface area contributed by atoms with Gasteiger partial charge in [-0.1, -0.05) is 12.1 Å². The van der Waals surface area contributed by atoms with Crippen molar-refractivity contribution in [2.75, 3.05) is 32.5 Å². The molecule has 6 nitrogen and oxygen atoms in total. The predicted octanol–water partition coefficient (Wildman–Crippen LogP) is 3.51. The van der Waals surface area contributed by atoms with Gasteiger partial charge in [0.2, 0.25) is 5.91 Å². The number of piperidine rings is 1. The average molecular weight is 405 g/mol. The lowest BCUT2D eigenvalue weighted by molar-refractivity contribution is -0.121. The third-order valence-electron chi connectivity index (χ3n) is 4.84. The van der Waals surface area contributed by atoms with E-state index in [1.165, 1.54) is 22.3 Å². The molecule has 1 aromatic heterocycles. The third kappa shape index (κ3) is 4.86. The molecule has 1 N–H and O–H groups in total. The van der Waals surface area contributed by atoms with Gasteiger partial charge in [0.25, 0.3) is 0 Å². The maximum absolute atomic E-state index is 13.7. The number of anilines is 1. The second-order valence-electron chi connectivity index (χ2n) is 7.34. The summed E-state index contributed by atoms with van der Waals surface area (Å²) in [6, 6.07) is 5.12. The number of hydrogen-bond donors (Lipinski definition) is 1. The van der Waals surface area contributed by atoms with Crippen LogP contribution in [0.4, 0.5) is 14.3 Å². The quantitative estimate of drug-likeness (QED) is 0.848. The van der Waals surface area contributed by atoms with E-state index in [1.54, 1.807) is 38.2 Å². The van der Waals surface area contributed by atoms with Gasteiger partial charge in [0.1, 0.15) is 5.82 Å². The van der Waals surface area contributed by atoms with Gasteiger partial charge in [-0.25, -0.2) is 14.2 Å². The van der Waals surface area contributed by atoms with E-state index < -0.39 is 0 Å². The van der Waals surface area contributed by atoms with E-state index in [9.17, 15) is 14.0 Å². The van der Waals surface area contributed by atoms with Crippen molar-refractivity contribution in [1.82, 2.24) is 14.8 Å². The summed E-state index contributed by atoms with van der Waals surface area (Å²) in [5.41, 5.74) is 1.49. The molecule has 1 saturated heterocycles. The summed E-state index contributed by atoms with van der Waals surface area (Å²) < 4.78 is 13.7. The number of urea groups is 1. The van der Waals surface area contributed by atoms with Gasteiger partial charge in [0, 0.05) is 44.7 Å². The van der Waals surface area contributed by atoms with Gasteiger partial charge >= 0.3 is 6.03 Å². The Bertz CT molecular complexity index is 868. The number of benzene rings is 1. The molecule has 0 bridgehead atoms. The summed E-state index contributed by atoms with van der Waals surface area (Å²) in [4.78, 5) is 33.2. The number of carbonyl (C=O) groups excluding carboxylic acids is 2. The molecule has 2 heterocycles. The van der Waals surface area contributed by atoms with E-state index in [0.717, 1.165) is 23.3 Å². The standard InChI is InChI=1S/C20H25FN4O2S/c1-13-6-7-14(10-17(13)21)9-16-11-22-19(28-16)23-18(26)15-5-4-8-25(12-15)20(27)24(2)3/h6-7,10-11,15H,4-5,8-9,12H2,1-3H3,(H,22,23,26)/t15-/m0/s1. The first kappa shape index (κ1) is 20.3. The molecule has 1 aliphatic rings. The highest BCUT2D eigenvalue weighted by atomic mass is 32.1. The minimum atomic E-state index is -0.240. The topological polar surface area (TPSA) is 65.5 Å². The first-order valence-corrected chi connectivity index (χ1v) is 10.1. The molecule has 3 rings (SSSR count). The van der Waals surface area contributed by atoms with Crippen LogP contribution in [0.15, 0.2) is 24.4 Å². The van der Waals surface area contributed by atoms with Crippen molar-refractivity contribution >= 4 is 28.4 Å².